The van der Waals surface area contributed by atoms with Gasteiger partial charge in [0.2, 0.25) is 11.8 Å². The summed E-state index contributed by atoms with van der Waals surface area (Å²) in [7, 11) is 1.60. The SMILES string of the molecule is CN=C(N)NCCCC1NC(CNC(=O)/C=C/c2cccc(C(F)(F)F)c2)CCN(CC(c2ccccc2)c2ccccc2)C1=O. The molecule has 46 heavy (non-hydrogen) atoms. The standard InChI is InChI=1S/C35H41F3N6O2/c1-40-34(39)41-20-9-16-31-33(46)44(24-30(26-11-4-2-5-12-26)27-13-6-3-7-14-27)21-19-29(43-31)23-42-32(45)18-17-25-10-8-15-28(22-25)35(36,37)38/h2-8,10-15,17-18,22,29-31,43H,9,16,19-21,23-24H2,1H3,(H,42,45)(H3,39,40,41)/b18-17+. The van der Waals surface area contributed by atoms with E-state index in [0.717, 1.165) is 23.3 Å². The average Bonchev–Trinajstić information content (AvgIpc) is 3.21. The van der Waals surface area contributed by atoms with Crippen LogP contribution in [0.1, 0.15) is 47.4 Å². The zero-order chi connectivity index (χ0) is 32.9. The third-order valence-electron chi connectivity index (χ3n) is 7.98. The Kier molecular flexibility index (Phi) is 12.4. The molecule has 0 saturated carbocycles. The summed E-state index contributed by atoms with van der Waals surface area (Å²) in [4.78, 5) is 32.4. The van der Waals surface area contributed by atoms with Crippen molar-refractivity contribution in [1.82, 2.24) is 20.9 Å². The van der Waals surface area contributed by atoms with Crippen LogP contribution in [0, 0.1) is 0 Å². The summed E-state index contributed by atoms with van der Waals surface area (Å²) in [5, 5.41) is 9.33. The Hall–Kier alpha value is -4.64. The highest BCUT2D eigenvalue weighted by atomic mass is 19.4. The average molecular weight is 635 g/mol. The predicted octanol–water partition coefficient (Wildman–Crippen LogP) is 4.54. The highest BCUT2D eigenvalue weighted by Crippen LogP contribution is 2.30. The first kappa shape index (κ1) is 34.2. The Labute approximate surface area is 268 Å². The summed E-state index contributed by atoms with van der Waals surface area (Å²) in [6.07, 6.45) is -0.0906. The van der Waals surface area contributed by atoms with Crippen LogP contribution in [-0.4, -0.2) is 68.0 Å². The first-order valence-electron chi connectivity index (χ1n) is 15.4. The molecule has 0 spiro atoms. The molecule has 1 heterocycles. The van der Waals surface area contributed by atoms with Crippen LogP contribution in [0.2, 0.25) is 0 Å². The monoisotopic (exact) mass is 634 g/mol. The van der Waals surface area contributed by atoms with Crippen LogP contribution < -0.4 is 21.7 Å². The highest BCUT2D eigenvalue weighted by molar-refractivity contribution is 5.91. The van der Waals surface area contributed by atoms with Gasteiger partial charge < -0.3 is 26.6 Å². The fourth-order valence-corrected chi connectivity index (χ4v) is 5.50. The molecule has 5 N–H and O–H groups in total. The molecule has 11 heteroatoms. The molecule has 0 aliphatic carbocycles. The number of rotatable bonds is 12. The third kappa shape index (κ3) is 10.2. The van der Waals surface area contributed by atoms with Crippen molar-refractivity contribution < 1.29 is 22.8 Å². The molecule has 244 valence electrons. The van der Waals surface area contributed by atoms with E-state index in [1.807, 2.05) is 41.3 Å². The Morgan fingerprint density at radius 2 is 1.72 bits per heavy atom. The second-order valence-corrected chi connectivity index (χ2v) is 11.2. The number of nitrogens with zero attached hydrogens (tertiary/aromatic N) is 2. The summed E-state index contributed by atoms with van der Waals surface area (Å²) < 4.78 is 39.2. The van der Waals surface area contributed by atoms with Gasteiger partial charge in [-0.1, -0.05) is 72.8 Å². The molecule has 1 aliphatic rings. The van der Waals surface area contributed by atoms with Gasteiger partial charge in [-0.05, 0) is 54.2 Å². The molecule has 2 amide bonds. The van der Waals surface area contributed by atoms with Crippen LogP contribution in [0.25, 0.3) is 6.08 Å². The van der Waals surface area contributed by atoms with E-state index in [1.165, 1.54) is 24.3 Å². The molecule has 0 radical (unpaired) electrons. The number of alkyl halides is 3. The fraction of sp³-hybridized carbons (Fsp3) is 0.343. The van der Waals surface area contributed by atoms with Crippen molar-refractivity contribution in [2.24, 2.45) is 10.7 Å². The molecule has 1 fully saturated rings. The topological polar surface area (TPSA) is 112 Å². The van der Waals surface area contributed by atoms with Crippen molar-refractivity contribution in [1.29, 1.82) is 0 Å². The van der Waals surface area contributed by atoms with E-state index in [4.69, 9.17) is 5.73 Å². The van der Waals surface area contributed by atoms with Gasteiger partial charge in [0, 0.05) is 51.3 Å². The second kappa shape index (κ2) is 16.6. The molecular weight excluding hydrogens is 593 g/mol. The van der Waals surface area contributed by atoms with E-state index in [-0.39, 0.29) is 30.0 Å². The summed E-state index contributed by atoms with van der Waals surface area (Å²) >= 11 is 0. The van der Waals surface area contributed by atoms with Gasteiger partial charge in [-0.25, -0.2) is 0 Å². The first-order valence-corrected chi connectivity index (χ1v) is 15.4. The van der Waals surface area contributed by atoms with Crippen LogP contribution in [0.3, 0.4) is 0 Å². The van der Waals surface area contributed by atoms with Gasteiger partial charge in [-0.15, -0.1) is 0 Å². The number of aliphatic imine (C=N–C) groups is 1. The lowest BCUT2D eigenvalue weighted by Gasteiger charge is -2.29. The Balaban J connectivity index is 1.45. The minimum absolute atomic E-state index is 0.00717. The quantitative estimate of drug-likeness (QED) is 0.101. The minimum atomic E-state index is -4.46. The van der Waals surface area contributed by atoms with E-state index < -0.39 is 23.7 Å². The van der Waals surface area contributed by atoms with E-state index in [1.54, 1.807) is 7.05 Å². The smallest absolute Gasteiger partial charge is 0.370 e. The van der Waals surface area contributed by atoms with Gasteiger partial charge in [0.15, 0.2) is 5.96 Å². The summed E-state index contributed by atoms with van der Waals surface area (Å²) in [6.45, 7) is 1.79. The molecule has 0 bridgehead atoms. The minimum Gasteiger partial charge on any atom is -0.370 e. The number of carbonyl (C=O) groups excluding carboxylic acids is 2. The molecule has 8 nitrogen and oxygen atoms in total. The summed E-state index contributed by atoms with van der Waals surface area (Å²) in [6, 6.07) is 24.3. The second-order valence-electron chi connectivity index (χ2n) is 11.2. The van der Waals surface area contributed by atoms with Crippen LogP contribution in [0.4, 0.5) is 13.2 Å². The van der Waals surface area contributed by atoms with E-state index in [2.05, 4.69) is 45.2 Å². The lowest BCUT2D eigenvalue weighted by atomic mass is 9.90. The number of hydrogen-bond donors (Lipinski definition) is 4. The number of carbonyl (C=O) groups is 2. The van der Waals surface area contributed by atoms with Crippen LogP contribution in [0.5, 0.6) is 0 Å². The number of hydrogen-bond acceptors (Lipinski definition) is 4. The van der Waals surface area contributed by atoms with Gasteiger partial charge in [0.25, 0.3) is 0 Å². The molecule has 1 saturated heterocycles. The molecule has 2 unspecified atom stereocenters. The van der Waals surface area contributed by atoms with Gasteiger partial charge in [0.05, 0.1) is 11.6 Å². The number of halogens is 3. The fourth-order valence-electron chi connectivity index (χ4n) is 5.50. The molecule has 4 rings (SSSR count). The number of benzene rings is 3. The van der Waals surface area contributed by atoms with Gasteiger partial charge in [-0.3, -0.25) is 14.6 Å². The van der Waals surface area contributed by atoms with Crippen LogP contribution in [-0.2, 0) is 15.8 Å². The Bertz CT molecular complexity index is 1440. The summed E-state index contributed by atoms with van der Waals surface area (Å²) in [5.41, 5.74) is 7.49. The molecule has 3 aromatic carbocycles. The van der Waals surface area contributed by atoms with Crippen LogP contribution in [0.15, 0.2) is 96.0 Å². The third-order valence-corrected chi connectivity index (χ3v) is 7.98. The van der Waals surface area contributed by atoms with Crippen molar-refractivity contribution >= 4 is 23.8 Å². The van der Waals surface area contributed by atoms with Gasteiger partial charge in [-0.2, -0.15) is 13.2 Å². The number of guanidine groups is 1. The highest BCUT2D eigenvalue weighted by Gasteiger charge is 2.33. The lowest BCUT2D eigenvalue weighted by Crippen LogP contribution is -2.49. The molecule has 0 aromatic heterocycles. The Morgan fingerprint density at radius 1 is 1.04 bits per heavy atom. The Morgan fingerprint density at radius 3 is 2.35 bits per heavy atom. The van der Waals surface area contributed by atoms with Crippen molar-refractivity contribution in [2.75, 3.05) is 33.2 Å². The van der Waals surface area contributed by atoms with Crippen molar-refractivity contribution in [3.05, 3.63) is 113 Å². The number of nitrogens with two attached hydrogens (primary N) is 1. The summed E-state index contributed by atoms with van der Waals surface area (Å²) in [5.74, 6) is -0.136. The van der Waals surface area contributed by atoms with Crippen molar-refractivity contribution in [3.8, 4) is 0 Å². The molecular formula is C35H41F3N6O2. The maximum Gasteiger partial charge on any atom is 0.416 e. The maximum absolute atomic E-state index is 14.0. The lowest BCUT2D eigenvalue weighted by molar-refractivity contribution is -0.137. The zero-order valence-corrected chi connectivity index (χ0v) is 25.8. The van der Waals surface area contributed by atoms with Gasteiger partial charge in [0.1, 0.15) is 0 Å². The molecule has 1 aliphatic heterocycles. The van der Waals surface area contributed by atoms with Gasteiger partial charge >= 0.3 is 6.18 Å². The predicted molar refractivity (Wildman–Crippen MR) is 175 cm³/mol. The first-order chi connectivity index (χ1) is 22.1. The van der Waals surface area contributed by atoms with E-state index in [9.17, 15) is 22.8 Å². The number of amides is 2. The van der Waals surface area contributed by atoms with E-state index in [0.29, 0.717) is 44.9 Å². The molecule has 3 aromatic rings. The van der Waals surface area contributed by atoms with Crippen LogP contribution >= 0.6 is 0 Å². The van der Waals surface area contributed by atoms with E-state index >= 15 is 0 Å². The zero-order valence-electron chi connectivity index (χ0n) is 25.8. The largest absolute Gasteiger partial charge is 0.416 e. The number of nitrogens with one attached hydrogen (secondary N) is 3. The maximum atomic E-state index is 14.0. The molecule has 2 atom stereocenters. The van der Waals surface area contributed by atoms with Crippen molar-refractivity contribution in [2.45, 2.75) is 43.4 Å². The normalized spacial score (nSPS) is 17.7. The van der Waals surface area contributed by atoms with Crippen molar-refractivity contribution in [3.63, 3.8) is 0 Å².